The van der Waals surface area contributed by atoms with Gasteiger partial charge in [0.05, 0.1) is 13.2 Å². The molecule has 0 bridgehead atoms. The molecular weight excluding hydrogens is 234 g/mol. The zero-order valence-electron chi connectivity index (χ0n) is 10.3. The summed E-state index contributed by atoms with van der Waals surface area (Å²) >= 11 is 0. The van der Waals surface area contributed by atoms with Gasteiger partial charge in [-0.25, -0.2) is 0 Å². The summed E-state index contributed by atoms with van der Waals surface area (Å²) in [6, 6.07) is 7.44. The number of amides is 1. The van der Waals surface area contributed by atoms with Gasteiger partial charge in [0.25, 0.3) is 0 Å². The molecule has 1 aliphatic heterocycles. The van der Waals surface area contributed by atoms with Crippen LogP contribution in [0, 0.1) is 0 Å². The predicted molar refractivity (Wildman–Crippen MR) is 66.2 cm³/mol. The smallest absolute Gasteiger partial charge is 0.250 e. The van der Waals surface area contributed by atoms with E-state index >= 15 is 0 Å². The second-order valence-corrected chi connectivity index (χ2v) is 3.88. The van der Waals surface area contributed by atoms with Crippen LogP contribution in [0.2, 0.25) is 0 Å². The number of carbonyl (C=O) groups is 1. The highest BCUT2D eigenvalue weighted by molar-refractivity contribution is 5.91. The third kappa shape index (κ3) is 3.53. The van der Waals surface area contributed by atoms with Crippen molar-refractivity contribution in [3.8, 4) is 0 Å². The summed E-state index contributed by atoms with van der Waals surface area (Å²) in [6.07, 6.45) is -0.325. The van der Waals surface area contributed by atoms with Crippen molar-refractivity contribution in [1.29, 1.82) is 0 Å². The van der Waals surface area contributed by atoms with Crippen LogP contribution in [0.25, 0.3) is 0 Å². The van der Waals surface area contributed by atoms with Gasteiger partial charge in [-0.05, 0) is 19.1 Å². The molecule has 1 heterocycles. The largest absolute Gasteiger partial charge is 0.372 e. The lowest BCUT2D eigenvalue weighted by atomic mass is 10.2. The van der Waals surface area contributed by atoms with Gasteiger partial charge in [-0.1, -0.05) is 12.1 Å². The molecule has 1 saturated heterocycles. The lowest BCUT2D eigenvalue weighted by Gasteiger charge is -2.11. The lowest BCUT2D eigenvalue weighted by molar-refractivity contribution is -0.120. The molecule has 2 rings (SSSR count). The molecule has 1 aliphatic rings. The highest BCUT2D eigenvalue weighted by Crippen LogP contribution is 2.25. The molecule has 5 heteroatoms. The predicted octanol–water partition coefficient (Wildman–Crippen LogP) is 1.71. The van der Waals surface area contributed by atoms with Crippen LogP contribution in [0.4, 0.5) is 5.69 Å². The first-order valence-electron chi connectivity index (χ1n) is 6.00. The van der Waals surface area contributed by atoms with Gasteiger partial charge in [0.1, 0.15) is 6.61 Å². The fraction of sp³-hybridized carbons (Fsp3) is 0.462. The van der Waals surface area contributed by atoms with Crippen LogP contribution < -0.4 is 5.32 Å². The molecule has 1 aromatic carbocycles. The quantitative estimate of drug-likeness (QED) is 0.865. The molecule has 5 nitrogen and oxygen atoms in total. The van der Waals surface area contributed by atoms with Gasteiger partial charge < -0.3 is 19.5 Å². The Kier molecular flexibility index (Phi) is 4.69. The molecule has 0 saturated carbocycles. The van der Waals surface area contributed by atoms with E-state index in [1.54, 1.807) is 0 Å². The number of carbonyl (C=O) groups excluding carboxylic acids is 1. The molecule has 0 radical (unpaired) electrons. The molecular formula is C13H17NO4. The van der Waals surface area contributed by atoms with E-state index in [2.05, 4.69) is 5.32 Å². The number of nitrogens with one attached hydrogen (secondary N) is 1. The van der Waals surface area contributed by atoms with Crippen LogP contribution in [0.3, 0.4) is 0 Å². The minimum Gasteiger partial charge on any atom is -0.372 e. The number of ether oxygens (including phenoxy) is 3. The average molecular weight is 251 g/mol. The highest BCUT2D eigenvalue weighted by Gasteiger charge is 2.18. The third-order valence-corrected chi connectivity index (χ3v) is 2.50. The van der Waals surface area contributed by atoms with E-state index in [1.807, 2.05) is 31.2 Å². The van der Waals surface area contributed by atoms with Crippen LogP contribution in [0.15, 0.2) is 24.3 Å². The summed E-state index contributed by atoms with van der Waals surface area (Å²) < 4.78 is 15.8. The van der Waals surface area contributed by atoms with Crippen molar-refractivity contribution in [2.75, 3.05) is 31.7 Å². The Morgan fingerprint density at radius 3 is 2.94 bits per heavy atom. The Labute approximate surface area is 106 Å². The Balaban J connectivity index is 1.96. The highest BCUT2D eigenvalue weighted by atomic mass is 16.7. The maximum absolute atomic E-state index is 11.5. The van der Waals surface area contributed by atoms with Crippen LogP contribution >= 0.6 is 0 Å². The van der Waals surface area contributed by atoms with Gasteiger partial charge in [-0.3, -0.25) is 4.79 Å². The maximum Gasteiger partial charge on any atom is 0.250 e. The van der Waals surface area contributed by atoms with Crippen molar-refractivity contribution in [3.63, 3.8) is 0 Å². The first-order valence-corrected chi connectivity index (χ1v) is 6.00. The van der Waals surface area contributed by atoms with Crippen LogP contribution in [0.5, 0.6) is 0 Å². The third-order valence-electron chi connectivity index (χ3n) is 2.50. The number of rotatable bonds is 5. The standard InChI is InChI=1S/C13H17NO4/c1-2-16-9-12(15)14-11-5-3-4-10(8-11)13-17-6-7-18-13/h3-5,8,13H,2,6-7,9H2,1H3,(H,14,15). The van der Waals surface area contributed by atoms with E-state index < -0.39 is 0 Å². The Morgan fingerprint density at radius 1 is 1.44 bits per heavy atom. The molecule has 0 atom stereocenters. The van der Waals surface area contributed by atoms with Crippen molar-refractivity contribution in [2.24, 2.45) is 0 Å². The number of hydrogen-bond donors (Lipinski definition) is 1. The zero-order chi connectivity index (χ0) is 12.8. The second kappa shape index (κ2) is 6.49. The summed E-state index contributed by atoms with van der Waals surface area (Å²) in [4.78, 5) is 11.5. The summed E-state index contributed by atoms with van der Waals surface area (Å²) in [7, 11) is 0. The minimum atomic E-state index is -0.325. The molecule has 1 amide bonds. The van der Waals surface area contributed by atoms with E-state index in [4.69, 9.17) is 14.2 Å². The SMILES string of the molecule is CCOCC(=O)Nc1cccc(C2OCCO2)c1. The topological polar surface area (TPSA) is 56.8 Å². The van der Waals surface area contributed by atoms with Crippen LogP contribution in [-0.4, -0.2) is 32.3 Å². The van der Waals surface area contributed by atoms with Crippen LogP contribution in [0.1, 0.15) is 18.8 Å². The molecule has 98 valence electrons. The summed E-state index contributed by atoms with van der Waals surface area (Å²) in [5, 5.41) is 2.77. The zero-order valence-corrected chi connectivity index (χ0v) is 10.3. The lowest BCUT2D eigenvalue weighted by Crippen LogP contribution is -2.18. The van der Waals surface area contributed by atoms with Gasteiger partial charge in [-0.15, -0.1) is 0 Å². The number of benzene rings is 1. The number of hydrogen-bond acceptors (Lipinski definition) is 4. The normalized spacial score (nSPS) is 15.8. The van der Waals surface area contributed by atoms with Gasteiger partial charge in [0.15, 0.2) is 6.29 Å². The molecule has 1 aromatic rings. The molecule has 0 spiro atoms. The Morgan fingerprint density at radius 2 is 2.22 bits per heavy atom. The van der Waals surface area contributed by atoms with Gasteiger partial charge in [0, 0.05) is 17.9 Å². The van der Waals surface area contributed by atoms with Crippen molar-refractivity contribution < 1.29 is 19.0 Å². The summed E-state index contributed by atoms with van der Waals surface area (Å²) in [5.74, 6) is -0.165. The minimum absolute atomic E-state index is 0.0666. The molecule has 1 fully saturated rings. The summed E-state index contributed by atoms with van der Waals surface area (Å²) in [5.41, 5.74) is 1.62. The van der Waals surface area contributed by atoms with Crippen molar-refractivity contribution in [1.82, 2.24) is 0 Å². The van der Waals surface area contributed by atoms with E-state index in [9.17, 15) is 4.79 Å². The number of anilines is 1. The average Bonchev–Trinajstić information content (AvgIpc) is 2.90. The van der Waals surface area contributed by atoms with Crippen molar-refractivity contribution in [3.05, 3.63) is 29.8 Å². The Bertz CT molecular complexity index is 402. The van der Waals surface area contributed by atoms with E-state index in [0.29, 0.717) is 19.8 Å². The molecule has 1 N–H and O–H groups in total. The van der Waals surface area contributed by atoms with Gasteiger partial charge >= 0.3 is 0 Å². The molecule has 18 heavy (non-hydrogen) atoms. The molecule has 0 aromatic heterocycles. The molecule has 0 unspecified atom stereocenters. The van der Waals surface area contributed by atoms with Crippen LogP contribution in [-0.2, 0) is 19.0 Å². The summed E-state index contributed by atoms with van der Waals surface area (Å²) in [6.45, 7) is 3.65. The van der Waals surface area contributed by atoms with E-state index in [-0.39, 0.29) is 18.8 Å². The fourth-order valence-corrected chi connectivity index (χ4v) is 1.71. The van der Waals surface area contributed by atoms with Crippen molar-refractivity contribution >= 4 is 11.6 Å². The monoisotopic (exact) mass is 251 g/mol. The fourth-order valence-electron chi connectivity index (χ4n) is 1.71. The molecule has 0 aliphatic carbocycles. The second-order valence-electron chi connectivity index (χ2n) is 3.88. The van der Waals surface area contributed by atoms with E-state index in [0.717, 1.165) is 11.3 Å². The van der Waals surface area contributed by atoms with Crippen molar-refractivity contribution in [2.45, 2.75) is 13.2 Å². The van der Waals surface area contributed by atoms with Gasteiger partial charge in [-0.2, -0.15) is 0 Å². The maximum atomic E-state index is 11.5. The Hall–Kier alpha value is -1.43. The van der Waals surface area contributed by atoms with Gasteiger partial charge in [0.2, 0.25) is 5.91 Å². The first kappa shape index (κ1) is 13.0. The first-order chi connectivity index (χ1) is 8.79. The van der Waals surface area contributed by atoms with E-state index in [1.165, 1.54) is 0 Å².